The van der Waals surface area contributed by atoms with Gasteiger partial charge in [-0.2, -0.15) is 0 Å². The maximum atomic E-state index is 9.80. The van der Waals surface area contributed by atoms with Gasteiger partial charge in [-0.05, 0) is 56.2 Å². The molecule has 2 N–H and O–H groups in total. The molecule has 4 heteroatoms. The summed E-state index contributed by atoms with van der Waals surface area (Å²) in [4.78, 5) is 0. The number of fused-ring (bicyclic) bond motifs is 1. The van der Waals surface area contributed by atoms with Crippen molar-refractivity contribution in [3.05, 3.63) is 29.3 Å². The van der Waals surface area contributed by atoms with E-state index >= 15 is 0 Å². The van der Waals surface area contributed by atoms with Gasteiger partial charge in [0.25, 0.3) is 0 Å². The van der Waals surface area contributed by atoms with Crippen molar-refractivity contribution in [2.45, 2.75) is 50.7 Å². The van der Waals surface area contributed by atoms with E-state index in [2.05, 4.69) is 5.16 Å². The molecule has 0 bridgehead atoms. The smallest absolute Gasteiger partial charge is 0.124 e. The normalized spacial score (nSPS) is 28.4. The average Bonchev–Trinajstić information content (AvgIpc) is 2.83. The molecule has 0 spiro atoms. The molecule has 2 aliphatic rings. The summed E-state index contributed by atoms with van der Waals surface area (Å²) in [5, 5.41) is 22.2. The van der Waals surface area contributed by atoms with Crippen molar-refractivity contribution in [1.29, 1.82) is 0 Å². The highest BCUT2D eigenvalue weighted by Crippen LogP contribution is 2.29. The standard InChI is InChI=1S/C15H19NO3/c17-14-5-2-6-15(14)19-11-8-7-10-3-1-4-13(16-18)12(10)9-11/h7-9,14-15,17-18H,1-6H2/b16-13-. The van der Waals surface area contributed by atoms with Gasteiger partial charge in [0.2, 0.25) is 0 Å². The van der Waals surface area contributed by atoms with Crippen LogP contribution in [0.2, 0.25) is 0 Å². The van der Waals surface area contributed by atoms with Gasteiger partial charge in [-0.3, -0.25) is 0 Å². The Morgan fingerprint density at radius 1 is 1.16 bits per heavy atom. The van der Waals surface area contributed by atoms with Gasteiger partial charge in [0.1, 0.15) is 11.9 Å². The number of oxime groups is 1. The lowest BCUT2D eigenvalue weighted by molar-refractivity contribution is 0.0604. The Kier molecular flexibility index (Phi) is 3.42. The average molecular weight is 261 g/mol. The molecule has 0 heterocycles. The van der Waals surface area contributed by atoms with Crippen LogP contribution in [0.3, 0.4) is 0 Å². The molecule has 4 nitrogen and oxygen atoms in total. The number of ether oxygens (including phenoxy) is 1. The number of hydrogen-bond donors (Lipinski definition) is 2. The number of aliphatic hydroxyl groups is 1. The van der Waals surface area contributed by atoms with Crippen molar-refractivity contribution in [3.8, 4) is 5.75 Å². The van der Waals surface area contributed by atoms with Crippen molar-refractivity contribution in [1.82, 2.24) is 0 Å². The quantitative estimate of drug-likeness (QED) is 0.635. The molecule has 1 aromatic rings. The summed E-state index contributed by atoms with van der Waals surface area (Å²) in [5.74, 6) is 0.757. The molecule has 2 atom stereocenters. The predicted molar refractivity (Wildman–Crippen MR) is 72.0 cm³/mol. The number of rotatable bonds is 2. The third kappa shape index (κ3) is 2.45. The van der Waals surface area contributed by atoms with E-state index in [1.165, 1.54) is 5.56 Å². The summed E-state index contributed by atoms with van der Waals surface area (Å²) in [6, 6.07) is 5.93. The van der Waals surface area contributed by atoms with E-state index in [1.807, 2.05) is 18.2 Å². The molecule has 3 rings (SSSR count). The number of aliphatic hydroxyl groups excluding tert-OH is 1. The van der Waals surface area contributed by atoms with Crippen LogP contribution in [0.4, 0.5) is 0 Å². The van der Waals surface area contributed by atoms with E-state index < -0.39 is 0 Å². The van der Waals surface area contributed by atoms with Crippen LogP contribution in [0.5, 0.6) is 5.75 Å². The summed E-state index contributed by atoms with van der Waals surface area (Å²) < 4.78 is 5.86. The molecule has 1 fully saturated rings. The fourth-order valence-corrected chi connectivity index (χ4v) is 3.02. The summed E-state index contributed by atoms with van der Waals surface area (Å²) in [6.07, 6.45) is 5.12. The van der Waals surface area contributed by atoms with E-state index in [0.29, 0.717) is 0 Å². The summed E-state index contributed by atoms with van der Waals surface area (Å²) in [5.41, 5.74) is 2.93. The highest BCUT2D eigenvalue weighted by Gasteiger charge is 2.27. The molecule has 0 radical (unpaired) electrons. The number of hydrogen-bond acceptors (Lipinski definition) is 4. The molecule has 0 aliphatic heterocycles. The lowest BCUT2D eigenvalue weighted by Gasteiger charge is -2.21. The third-order valence-corrected chi connectivity index (χ3v) is 4.08. The largest absolute Gasteiger partial charge is 0.488 e. The Balaban J connectivity index is 1.84. The first-order valence-electron chi connectivity index (χ1n) is 6.97. The van der Waals surface area contributed by atoms with Gasteiger partial charge in [0.15, 0.2) is 0 Å². The Morgan fingerprint density at radius 3 is 2.79 bits per heavy atom. The molecule has 2 aliphatic carbocycles. The van der Waals surface area contributed by atoms with E-state index in [0.717, 1.165) is 55.5 Å². The van der Waals surface area contributed by atoms with E-state index in [4.69, 9.17) is 9.94 Å². The van der Waals surface area contributed by atoms with Crippen LogP contribution in [0.25, 0.3) is 0 Å². The molecule has 0 aromatic heterocycles. The Hall–Kier alpha value is -1.55. The summed E-state index contributed by atoms with van der Waals surface area (Å²) in [6.45, 7) is 0. The zero-order valence-electron chi connectivity index (χ0n) is 10.9. The van der Waals surface area contributed by atoms with Crippen LogP contribution in [-0.2, 0) is 6.42 Å². The maximum Gasteiger partial charge on any atom is 0.124 e. The molecular formula is C15H19NO3. The fraction of sp³-hybridized carbons (Fsp3) is 0.533. The second-order valence-electron chi connectivity index (χ2n) is 5.37. The zero-order chi connectivity index (χ0) is 13.2. The van der Waals surface area contributed by atoms with Gasteiger partial charge >= 0.3 is 0 Å². The highest BCUT2D eigenvalue weighted by atomic mass is 16.5. The van der Waals surface area contributed by atoms with Gasteiger partial charge in [-0.25, -0.2) is 0 Å². The molecule has 1 saturated carbocycles. The predicted octanol–water partition coefficient (Wildman–Crippen LogP) is 2.49. The molecule has 0 amide bonds. The van der Waals surface area contributed by atoms with Crippen LogP contribution in [-0.4, -0.2) is 28.2 Å². The first kappa shape index (κ1) is 12.5. The van der Waals surface area contributed by atoms with Gasteiger partial charge in [0, 0.05) is 5.56 Å². The third-order valence-electron chi connectivity index (χ3n) is 4.08. The van der Waals surface area contributed by atoms with Gasteiger partial charge in [-0.15, -0.1) is 0 Å². The number of aryl methyl sites for hydroxylation is 1. The second-order valence-corrected chi connectivity index (χ2v) is 5.37. The summed E-state index contributed by atoms with van der Waals surface area (Å²) >= 11 is 0. The van der Waals surface area contributed by atoms with E-state index in [1.54, 1.807) is 0 Å². The van der Waals surface area contributed by atoms with Crippen molar-refractivity contribution in [2.75, 3.05) is 0 Å². The van der Waals surface area contributed by atoms with Crippen LogP contribution in [0.1, 0.15) is 43.2 Å². The first-order chi connectivity index (χ1) is 9.28. The van der Waals surface area contributed by atoms with E-state index in [9.17, 15) is 5.11 Å². The van der Waals surface area contributed by atoms with E-state index in [-0.39, 0.29) is 12.2 Å². The Labute approximate surface area is 112 Å². The lowest BCUT2D eigenvalue weighted by Crippen LogP contribution is -2.25. The molecule has 0 saturated heterocycles. The molecule has 1 aromatic carbocycles. The number of benzene rings is 1. The minimum absolute atomic E-state index is 0.101. The first-order valence-corrected chi connectivity index (χ1v) is 6.97. The molecular weight excluding hydrogens is 242 g/mol. The van der Waals surface area contributed by atoms with Crippen molar-refractivity contribution < 1.29 is 15.1 Å². The fourth-order valence-electron chi connectivity index (χ4n) is 3.02. The van der Waals surface area contributed by atoms with Crippen LogP contribution < -0.4 is 4.74 Å². The second kappa shape index (κ2) is 5.21. The van der Waals surface area contributed by atoms with Crippen LogP contribution in [0, 0.1) is 0 Å². The van der Waals surface area contributed by atoms with Gasteiger partial charge < -0.3 is 15.1 Å². The van der Waals surface area contributed by atoms with Gasteiger partial charge in [0.05, 0.1) is 11.8 Å². The topological polar surface area (TPSA) is 62.1 Å². The minimum atomic E-state index is -0.359. The lowest BCUT2D eigenvalue weighted by atomic mass is 9.90. The maximum absolute atomic E-state index is 9.80. The summed E-state index contributed by atoms with van der Waals surface area (Å²) in [7, 11) is 0. The SMILES string of the molecule is O/N=C1/CCCc2ccc(OC3CCCC3O)cc21. The van der Waals surface area contributed by atoms with Crippen molar-refractivity contribution in [3.63, 3.8) is 0 Å². The van der Waals surface area contributed by atoms with Crippen molar-refractivity contribution in [2.24, 2.45) is 5.16 Å². The minimum Gasteiger partial charge on any atom is -0.488 e. The van der Waals surface area contributed by atoms with Crippen molar-refractivity contribution >= 4 is 5.71 Å². The molecule has 102 valence electrons. The van der Waals surface area contributed by atoms with Crippen LogP contribution >= 0.6 is 0 Å². The molecule has 2 unspecified atom stereocenters. The van der Waals surface area contributed by atoms with Crippen LogP contribution in [0.15, 0.2) is 23.4 Å². The Morgan fingerprint density at radius 2 is 2.05 bits per heavy atom. The zero-order valence-corrected chi connectivity index (χ0v) is 10.9. The highest BCUT2D eigenvalue weighted by molar-refractivity contribution is 6.02. The van der Waals surface area contributed by atoms with Gasteiger partial charge in [-0.1, -0.05) is 11.2 Å². The monoisotopic (exact) mass is 261 g/mol. The Bertz CT molecular complexity index is 498. The molecule has 19 heavy (non-hydrogen) atoms. The number of nitrogens with zero attached hydrogens (tertiary/aromatic N) is 1.